The van der Waals surface area contributed by atoms with Crippen molar-refractivity contribution in [3.05, 3.63) is 0 Å². The summed E-state index contributed by atoms with van der Waals surface area (Å²) in [7, 11) is 0. The van der Waals surface area contributed by atoms with Crippen molar-refractivity contribution >= 4 is 5.97 Å². The van der Waals surface area contributed by atoms with Crippen molar-refractivity contribution in [2.24, 2.45) is 0 Å². The number of unbranched alkanes of at least 4 members (excludes halogenated alkanes) is 6. The van der Waals surface area contributed by atoms with Gasteiger partial charge in [-0.3, -0.25) is 9.69 Å². The number of aliphatic hydroxyl groups excluding tert-OH is 1. The van der Waals surface area contributed by atoms with Crippen molar-refractivity contribution in [3.63, 3.8) is 0 Å². The van der Waals surface area contributed by atoms with Crippen LogP contribution in [-0.4, -0.2) is 48.3 Å². The second-order valence-electron chi connectivity index (χ2n) is 7.16. The molecule has 1 unspecified atom stereocenters. The van der Waals surface area contributed by atoms with Crippen molar-refractivity contribution in [3.8, 4) is 0 Å². The largest absolute Gasteiger partial charge is 0.464 e. The second kappa shape index (κ2) is 18.2. The molecule has 4 nitrogen and oxygen atoms in total. The SMILES string of the molecule is CCCCCCCC(O)CCC(=O)OCCN(CCCC)CCCC. The van der Waals surface area contributed by atoms with E-state index in [9.17, 15) is 9.90 Å². The quantitative estimate of drug-likeness (QED) is 0.279. The molecule has 0 aromatic rings. The zero-order chi connectivity index (χ0) is 18.8. The highest BCUT2D eigenvalue weighted by molar-refractivity contribution is 5.69. The maximum atomic E-state index is 11.8. The highest BCUT2D eigenvalue weighted by Crippen LogP contribution is 2.11. The highest BCUT2D eigenvalue weighted by Gasteiger charge is 2.10. The normalized spacial score (nSPS) is 12.5. The van der Waals surface area contributed by atoms with Crippen LogP contribution in [-0.2, 0) is 9.53 Å². The van der Waals surface area contributed by atoms with Gasteiger partial charge in [-0.05, 0) is 38.8 Å². The molecule has 0 saturated heterocycles. The summed E-state index contributed by atoms with van der Waals surface area (Å²) in [4.78, 5) is 14.2. The summed E-state index contributed by atoms with van der Waals surface area (Å²) in [5, 5.41) is 9.95. The molecule has 0 aliphatic heterocycles. The molecule has 0 rings (SSSR count). The Hall–Kier alpha value is -0.610. The van der Waals surface area contributed by atoms with Gasteiger partial charge in [-0.25, -0.2) is 0 Å². The lowest BCUT2D eigenvalue weighted by molar-refractivity contribution is -0.144. The smallest absolute Gasteiger partial charge is 0.305 e. The maximum absolute atomic E-state index is 11.8. The van der Waals surface area contributed by atoms with Crippen LogP contribution in [0.1, 0.15) is 97.8 Å². The average molecular weight is 358 g/mol. The van der Waals surface area contributed by atoms with Crippen LogP contribution in [0.15, 0.2) is 0 Å². The van der Waals surface area contributed by atoms with Gasteiger partial charge in [-0.15, -0.1) is 0 Å². The molecular formula is C21H43NO3. The number of esters is 1. The van der Waals surface area contributed by atoms with E-state index in [-0.39, 0.29) is 12.1 Å². The van der Waals surface area contributed by atoms with Crippen molar-refractivity contribution in [1.82, 2.24) is 4.90 Å². The molecule has 0 saturated carbocycles. The lowest BCUT2D eigenvalue weighted by Crippen LogP contribution is -2.30. The van der Waals surface area contributed by atoms with Crippen molar-refractivity contribution in [1.29, 1.82) is 0 Å². The molecule has 1 N–H and O–H groups in total. The summed E-state index contributed by atoms with van der Waals surface area (Å²) >= 11 is 0. The van der Waals surface area contributed by atoms with Crippen molar-refractivity contribution in [2.75, 3.05) is 26.2 Å². The summed E-state index contributed by atoms with van der Waals surface area (Å²) in [6, 6.07) is 0. The number of ether oxygens (including phenoxy) is 1. The average Bonchev–Trinajstić information content (AvgIpc) is 2.61. The Bertz CT molecular complexity index is 289. The number of hydrogen-bond donors (Lipinski definition) is 1. The van der Waals surface area contributed by atoms with Crippen LogP contribution in [0.3, 0.4) is 0 Å². The van der Waals surface area contributed by atoms with E-state index in [0.717, 1.165) is 32.5 Å². The number of carbonyl (C=O) groups excluding carboxylic acids is 1. The Balaban J connectivity index is 3.71. The topological polar surface area (TPSA) is 49.8 Å². The zero-order valence-corrected chi connectivity index (χ0v) is 17.1. The molecule has 0 aromatic heterocycles. The molecule has 0 aliphatic carbocycles. The predicted octanol–water partition coefficient (Wildman–Crippen LogP) is 4.93. The maximum Gasteiger partial charge on any atom is 0.305 e. The van der Waals surface area contributed by atoms with Gasteiger partial charge >= 0.3 is 5.97 Å². The van der Waals surface area contributed by atoms with Gasteiger partial charge in [0.05, 0.1) is 6.10 Å². The fraction of sp³-hybridized carbons (Fsp3) is 0.952. The minimum Gasteiger partial charge on any atom is -0.464 e. The molecule has 1 atom stereocenters. The summed E-state index contributed by atoms with van der Waals surface area (Å²) in [5.74, 6) is -0.170. The molecule has 25 heavy (non-hydrogen) atoms. The molecule has 0 spiro atoms. The number of nitrogens with zero attached hydrogens (tertiary/aromatic N) is 1. The summed E-state index contributed by atoms with van der Waals surface area (Å²) in [6.45, 7) is 10.1. The molecule has 0 amide bonds. The fourth-order valence-electron chi connectivity index (χ4n) is 2.87. The lowest BCUT2D eigenvalue weighted by atomic mass is 10.1. The van der Waals surface area contributed by atoms with Crippen LogP contribution >= 0.6 is 0 Å². The number of carbonyl (C=O) groups is 1. The third-order valence-electron chi connectivity index (χ3n) is 4.65. The predicted molar refractivity (Wildman–Crippen MR) is 106 cm³/mol. The first kappa shape index (κ1) is 24.4. The zero-order valence-electron chi connectivity index (χ0n) is 17.1. The Morgan fingerprint density at radius 2 is 1.44 bits per heavy atom. The molecule has 4 heteroatoms. The van der Waals surface area contributed by atoms with E-state index >= 15 is 0 Å². The van der Waals surface area contributed by atoms with E-state index in [4.69, 9.17) is 4.74 Å². The van der Waals surface area contributed by atoms with E-state index < -0.39 is 0 Å². The van der Waals surface area contributed by atoms with Crippen molar-refractivity contribution < 1.29 is 14.6 Å². The first-order valence-electron chi connectivity index (χ1n) is 10.7. The Kier molecular flexibility index (Phi) is 17.7. The first-order valence-corrected chi connectivity index (χ1v) is 10.7. The van der Waals surface area contributed by atoms with E-state index in [1.54, 1.807) is 0 Å². The van der Waals surface area contributed by atoms with Gasteiger partial charge in [0.2, 0.25) is 0 Å². The van der Waals surface area contributed by atoms with Crippen LogP contribution in [0.4, 0.5) is 0 Å². The molecule has 0 heterocycles. The van der Waals surface area contributed by atoms with E-state index in [0.29, 0.717) is 19.4 Å². The van der Waals surface area contributed by atoms with E-state index in [2.05, 4.69) is 25.7 Å². The minimum atomic E-state index is -0.361. The summed E-state index contributed by atoms with van der Waals surface area (Å²) in [6.07, 6.45) is 12.1. The Labute approximate surface area is 156 Å². The van der Waals surface area contributed by atoms with Crippen LogP contribution < -0.4 is 0 Å². The molecule has 150 valence electrons. The second-order valence-corrected chi connectivity index (χ2v) is 7.16. The van der Waals surface area contributed by atoms with Gasteiger partial charge in [0.15, 0.2) is 0 Å². The molecular weight excluding hydrogens is 314 g/mol. The molecule has 0 fully saturated rings. The van der Waals surface area contributed by atoms with Gasteiger partial charge in [0.25, 0.3) is 0 Å². The van der Waals surface area contributed by atoms with E-state index in [1.807, 2.05) is 0 Å². The molecule has 0 bridgehead atoms. The van der Waals surface area contributed by atoms with Gasteiger partial charge in [0, 0.05) is 13.0 Å². The molecule has 0 radical (unpaired) electrons. The van der Waals surface area contributed by atoms with Crippen LogP contribution in [0.25, 0.3) is 0 Å². The highest BCUT2D eigenvalue weighted by atomic mass is 16.5. The van der Waals surface area contributed by atoms with Gasteiger partial charge in [-0.2, -0.15) is 0 Å². The Morgan fingerprint density at radius 1 is 0.840 bits per heavy atom. The minimum absolute atomic E-state index is 0.170. The first-order chi connectivity index (χ1) is 12.1. The molecule has 0 aromatic carbocycles. The van der Waals surface area contributed by atoms with Crippen LogP contribution in [0, 0.1) is 0 Å². The Morgan fingerprint density at radius 3 is 2.04 bits per heavy atom. The van der Waals surface area contributed by atoms with Gasteiger partial charge < -0.3 is 9.84 Å². The van der Waals surface area contributed by atoms with Crippen molar-refractivity contribution in [2.45, 2.75) is 104 Å². The third kappa shape index (κ3) is 16.6. The number of hydrogen-bond acceptors (Lipinski definition) is 4. The number of rotatable bonds is 18. The standard InChI is InChI=1S/C21H43NO3/c1-4-7-10-11-12-13-20(23)14-15-21(24)25-19-18-22(16-8-5-2)17-9-6-3/h20,23H,4-19H2,1-3H3. The summed E-state index contributed by atoms with van der Waals surface area (Å²) in [5.41, 5.74) is 0. The fourth-order valence-corrected chi connectivity index (χ4v) is 2.87. The van der Waals surface area contributed by atoms with Gasteiger partial charge in [0.1, 0.15) is 6.61 Å². The van der Waals surface area contributed by atoms with Crippen LogP contribution in [0.2, 0.25) is 0 Å². The van der Waals surface area contributed by atoms with Crippen LogP contribution in [0.5, 0.6) is 0 Å². The third-order valence-corrected chi connectivity index (χ3v) is 4.65. The molecule has 0 aliphatic rings. The van der Waals surface area contributed by atoms with E-state index in [1.165, 1.54) is 51.4 Å². The summed E-state index contributed by atoms with van der Waals surface area (Å²) < 4.78 is 5.35. The number of aliphatic hydroxyl groups is 1. The monoisotopic (exact) mass is 357 g/mol. The lowest BCUT2D eigenvalue weighted by Gasteiger charge is -2.21. The van der Waals surface area contributed by atoms with Gasteiger partial charge in [-0.1, -0.05) is 65.7 Å².